The molecule has 0 bridgehead atoms. The molecule has 0 saturated heterocycles. The van der Waals surface area contributed by atoms with E-state index in [4.69, 9.17) is 4.98 Å². The van der Waals surface area contributed by atoms with Crippen molar-refractivity contribution in [2.45, 2.75) is 57.9 Å². The summed E-state index contributed by atoms with van der Waals surface area (Å²) in [6.07, 6.45) is 5.52. The zero-order valence-corrected chi connectivity index (χ0v) is 22.1. The number of nitrogens with zero attached hydrogens (tertiary/aromatic N) is 4. The first-order chi connectivity index (χ1) is 17.8. The largest absolute Gasteiger partial charge is 0.331 e. The van der Waals surface area contributed by atoms with Crippen LogP contribution >= 0.6 is 0 Å². The number of unbranched alkanes of at least 4 members (excludes halogenated alkanes) is 5. The fourth-order valence-electron chi connectivity index (χ4n) is 4.47. The van der Waals surface area contributed by atoms with E-state index in [0.717, 1.165) is 32.1 Å². The van der Waals surface area contributed by atoms with E-state index in [0.29, 0.717) is 48.3 Å². The van der Waals surface area contributed by atoms with Crippen LogP contribution in [0.1, 0.15) is 63.7 Å². The summed E-state index contributed by atoms with van der Waals surface area (Å²) in [5.41, 5.74) is 0.799. The third-order valence-corrected chi connectivity index (χ3v) is 6.61. The van der Waals surface area contributed by atoms with E-state index in [9.17, 15) is 18.4 Å². The van der Waals surface area contributed by atoms with E-state index in [1.165, 1.54) is 16.7 Å². The van der Waals surface area contributed by atoms with Crippen LogP contribution in [0, 0.1) is 5.82 Å². The Kier molecular flexibility index (Phi) is 10.7. The lowest BCUT2D eigenvalue weighted by atomic mass is 10.1. The number of alkyl halides is 1. The first-order valence-corrected chi connectivity index (χ1v) is 13.1. The molecule has 3 rings (SSSR count). The lowest BCUT2D eigenvalue weighted by molar-refractivity contribution is -0.133. The molecule has 1 aromatic heterocycles. The van der Waals surface area contributed by atoms with Crippen LogP contribution in [-0.4, -0.2) is 59.1 Å². The van der Waals surface area contributed by atoms with Crippen molar-refractivity contribution in [2.75, 3.05) is 33.9 Å². The normalized spacial score (nSPS) is 12.3. The van der Waals surface area contributed by atoms with Gasteiger partial charge in [-0.1, -0.05) is 37.8 Å². The maximum atomic E-state index is 13.7. The molecule has 1 atom stereocenters. The number of likely N-dealkylation sites (N-methyl/N-ethyl adjacent to an activating group) is 1. The minimum atomic E-state index is -0.487. The molecule has 0 aliphatic carbocycles. The van der Waals surface area contributed by atoms with Gasteiger partial charge >= 0.3 is 0 Å². The molecule has 2 aromatic carbocycles. The van der Waals surface area contributed by atoms with Gasteiger partial charge in [0.25, 0.3) is 5.56 Å². The summed E-state index contributed by atoms with van der Waals surface area (Å²) in [4.78, 5) is 35.7. The molecule has 8 heteroatoms. The molecule has 0 saturated carbocycles. The molecule has 3 aromatic rings. The maximum Gasteiger partial charge on any atom is 0.266 e. The first kappa shape index (κ1) is 28.4. The van der Waals surface area contributed by atoms with Crippen LogP contribution in [0.4, 0.5) is 8.78 Å². The van der Waals surface area contributed by atoms with Gasteiger partial charge in [-0.3, -0.25) is 18.5 Å². The van der Waals surface area contributed by atoms with E-state index >= 15 is 0 Å². The predicted octanol–water partition coefficient (Wildman–Crippen LogP) is 5.68. The van der Waals surface area contributed by atoms with Gasteiger partial charge in [0.15, 0.2) is 0 Å². The molecule has 1 amide bonds. The van der Waals surface area contributed by atoms with Crippen molar-refractivity contribution in [2.24, 2.45) is 0 Å². The number of halogens is 2. The van der Waals surface area contributed by atoms with E-state index in [1.54, 1.807) is 35.2 Å². The number of carbonyl (C=O) groups excluding carboxylic acids is 1. The number of amides is 1. The van der Waals surface area contributed by atoms with Gasteiger partial charge in [-0.25, -0.2) is 9.37 Å². The average Bonchev–Trinajstić information content (AvgIpc) is 2.88. The van der Waals surface area contributed by atoms with Gasteiger partial charge in [0.2, 0.25) is 5.91 Å². The number of benzene rings is 2. The second-order valence-corrected chi connectivity index (χ2v) is 9.73. The Hall–Kier alpha value is -3.13. The molecule has 1 unspecified atom stereocenters. The minimum absolute atomic E-state index is 0.00571. The molecular weight excluding hydrogens is 474 g/mol. The molecule has 200 valence electrons. The minimum Gasteiger partial charge on any atom is -0.331 e. The van der Waals surface area contributed by atoms with E-state index in [2.05, 4.69) is 0 Å². The molecule has 6 nitrogen and oxygen atoms in total. The molecule has 0 aliphatic rings. The van der Waals surface area contributed by atoms with Crippen molar-refractivity contribution < 1.29 is 13.6 Å². The number of carbonyl (C=O) groups is 1. The Morgan fingerprint density at radius 3 is 2.27 bits per heavy atom. The van der Waals surface area contributed by atoms with Gasteiger partial charge in [-0.05, 0) is 70.3 Å². The molecular formula is C29H38F2N4O2. The third-order valence-electron chi connectivity index (χ3n) is 6.61. The summed E-state index contributed by atoms with van der Waals surface area (Å²) in [5.74, 6) is 0.0486. The van der Waals surface area contributed by atoms with Crippen molar-refractivity contribution in [1.29, 1.82) is 0 Å². The fourth-order valence-corrected chi connectivity index (χ4v) is 4.47. The maximum absolute atomic E-state index is 13.7. The Bertz CT molecular complexity index is 1210. The van der Waals surface area contributed by atoms with Crippen LogP contribution in [0.3, 0.4) is 0 Å². The highest BCUT2D eigenvalue weighted by Crippen LogP contribution is 2.24. The lowest BCUT2D eigenvalue weighted by Crippen LogP contribution is -2.40. The summed E-state index contributed by atoms with van der Waals surface area (Å²) in [7, 11) is 3.90. The van der Waals surface area contributed by atoms with Crippen LogP contribution in [0.5, 0.6) is 0 Å². The molecule has 0 aliphatic heterocycles. The van der Waals surface area contributed by atoms with Crippen molar-refractivity contribution in [3.63, 3.8) is 0 Å². The Labute approximate surface area is 217 Å². The molecule has 37 heavy (non-hydrogen) atoms. The van der Waals surface area contributed by atoms with Crippen LogP contribution in [0.25, 0.3) is 16.6 Å². The van der Waals surface area contributed by atoms with Crippen molar-refractivity contribution in [1.82, 2.24) is 19.4 Å². The Morgan fingerprint density at radius 1 is 0.946 bits per heavy atom. The monoisotopic (exact) mass is 512 g/mol. The Balaban J connectivity index is 1.93. The zero-order valence-electron chi connectivity index (χ0n) is 22.1. The summed E-state index contributed by atoms with van der Waals surface area (Å²) in [6, 6.07) is 12.4. The van der Waals surface area contributed by atoms with E-state index in [-0.39, 0.29) is 18.1 Å². The Morgan fingerprint density at radius 2 is 1.59 bits per heavy atom. The highest BCUT2D eigenvalue weighted by atomic mass is 19.1. The van der Waals surface area contributed by atoms with E-state index < -0.39 is 11.9 Å². The van der Waals surface area contributed by atoms with Gasteiger partial charge in [0, 0.05) is 19.5 Å². The second-order valence-electron chi connectivity index (χ2n) is 9.73. The topological polar surface area (TPSA) is 58.4 Å². The third kappa shape index (κ3) is 7.68. The quantitative estimate of drug-likeness (QED) is 0.261. The second kappa shape index (κ2) is 14.0. The van der Waals surface area contributed by atoms with Crippen LogP contribution in [0.2, 0.25) is 0 Å². The standard InChI is InChI=1S/C29H38F2N4O2/c1-22(34(21-20-33(2)3)27(36)14-8-6-4-5-7-11-19-30)28-32-26-13-10-9-12-25(26)29(37)35(28)24-17-15-23(31)16-18-24/h9-10,12-13,15-18,22H,4-8,11,14,19-21H2,1-3H3. The van der Waals surface area contributed by atoms with E-state index in [1.807, 2.05) is 32.0 Å². The smallest absolute Gasteiger partial charge is 0.266 e. The highest BCUT2D eigenvalue weighted by Gasteiger charge is 2.26. The average molecular weight is 513 g/mol. The molecule has 0 radical (unpaired) electrons. The SMILES string of the molecule is CC(c1nc2ccccc2c(=O)n1-c1ccc(F)cc1)N(CCN(C)C)C(=O)CCCCCCCCF. The lowest BCUT2D eigenvalue weighted by Gasteiger charge is -2.31. The van der Waals surface area contributed by atoms with Gasteiger partial charge in [-0.2, -0.15) is 0 Å². The van der Waals surface area contributed by atoms with Gasteiger partial charge in [-0.15, -0.1) is 0 Å². The summed E-state index contributed by atoms with van der Waals surface area (Å²) in [6.45, 7) is 2.76. The summed E-state index contributed by atoms with van der Waals surface area (Å²) < 4.78 is 27.5. The van der Waals surface area contributed by atoms with Crippen molar-refractivity contribution in [3.8, 4) is 5.69 Å². The summed E-state index contributed by atoms with van der Waals surface area (Å²) >= 11 is 0. The number of fused-ring (bicyclic) bond motifs is 1. The van der Waals surface area contributed by atoms with Crippen LogP contribution in [0.15, 0.2) is 53.3 Å². The fraction of sp³-hybridized carbons (Fsp3) is 0.483. The predicted molar refractivity (Wildman–Crippen MR) is 144 cm³/mol. The van der Waals surface area contributed by atoms with Gasteiger partial charge < -0.3 is 9.80 Å². The number of rotatable bonds is 14. The number of aromatic nitrogens is 2. The number of hydrogen-bond acceptors (Lipinski definition) is 4. The zero-order chi connectivity index (χ0) is 26.8. The summed E-state index contributed by atoms with van der Waals surface area (Å²) in [5, 5.41) is 0.460. The van der Waals surface area contributed by atoms with Crippen molar-refractivity contribution >= 4 is 16.8 Å². The number of hydrogen-bond donors (Lipinski definition) is 0. The molecule has 0 N–H and O–H groups in total. The van der Waals surface area contributed by atoms with Crippen molar-refractivity contribution in [3.05, 3.63) is 70.5 Å². The first-order valence-electron chi connectivity index (χ1n) is 13.1. The van der Waals surface area contributed by atoms with Crippen LogP contribution in [-0.2, 0) is 4.79 Å². The molecule has 0 spiro atoms. The molecule has 0 fully saturated rings. The number of para-hydroxylation sites is 1. The van der Waals surface area contributed by atoms with Gasteiger partial charge in [0.05, 0.1) is 29.3 Å². The van der Waals surface area contributed by atoms with Crippen LogP contribution < -0.4 is 5.56 Å². The van der Waals surface area contributed by atoms with Gasteiger partial charge in [0.1, 0.15) is 11.6 Å². The molecule has 1 heterocycles. The highest BCUT2D eigenvalue weighted by molar-refractivity contribution is 5.79.